The van der Waals surface area contributed by atoms with Gasteiger partial charge >= 0.3 is 11.9 Å². The first-order valence-electron chi connectivity index (χ1n) is 10.1. The minimum Gasteiger partial charge on any atom is -0.466 e. The van der Waals surface area contributed by atoms with Crippen molar-refractivity contribution in [1.82, 2.24) is 0 Å². The second kappa shape index (κ2) is 19.0. The normalized spacial score (nSPS) is 10.4. The van der Waals surface area contributed by atoms with E-state index in [1.54, 1.807) is 6.08 Å². The third-order valence-electron chi connectivity index (χ3n) is 4.11. The predicted molar refractivity (Wildman–Crippen MR) is 102 cm³/mol. The van der Waals surface area contributed by atoms with Gasteiger partial charge < -0.3 is 9.47 Å². The van der Waals surface area contributed by atoms with Crippen molar-refractivity contribution in [3.63, 3.8) is 0 Å². The van der Waals surface area contributed by atoms with Crippen molar-refractivity contribution in [2.75, 3.05) is 13.2 Å². The standard InChI is InChI=1S/C21H38O4/c1-3-5-7-12-15-19-25-21(23)17-14-11-9-8-10-13-16-20(22)24-18-6-4-2/h4H,2-3,5-19H2,1H3. The Balaban J connectivity index is 3.25. The average Bonchev–Trinajstić information content (AvgIpc) is 2.60. The molecule has 0 saturated carbocycles. The number of carbonyl (C=O) groups is 2. The second-order valence-corrected chi connectivity index (χ2v) is 6.55. The van der Waals surface area contributed by atoms with E-state index in [0.717, 1.165) is 51.4 Å². The van der Waals surface area contributed by atoms with Crippen molar-refractivity contribution in [3.8, 4) is 0 Å². The Morgan fingerprint density at radius 2 is 1.20 bits per heavy atom. The maximum atomic E-state index is 11.6. The van der Waals surface area contributed by atoms with Gasteiger partial charge in [-0.05, 0) is 25.7 Å². The molecule has 0 aromatic rings. The highest BCUT2D eigenvalue weighted by Crippen LogP contribution is 2.10. The Morgan fingerprint density at radius 3 is 1.76 bits per heavy atom. The summed E-state index contributed by atoms with van der Waals surface area (Å²) < 4.78 is 10.3. The summed E-state index contributed by atoms with van der Waals surface area (Å²) in [5.74, 6) is -0.169. The summed E-state index contributed by atoms with van der Waals surface area (Å²) in [6.45, 7) is 6.80. The first-order chi connectivity index (χ1) is 12.2. The van der Waals surface area contributed by atoms with Crippen LogP contribution in [-0.4, -0.2) is 25.2 Å². The van der Waals surface area contributed by atoms with E-state index in [1.165, 1.54) is 19.3 Å². The van der Waals surface area contributed by atoms with Crippen LogP contribution in [0.1, 0.15) is 96.8 Å². The van der Waals surface area contributed by atoms with Gasteiger partial charge in [0.25, 0.3) is 0 Å². The van der Waals surface area contributed by atoms with Crippen molar-refractivity contribution in [3.05, 3.63) is 12.7 Å². The molecule has 0 aromatic carbocycles. The molecule has 146 valence electrons. The summed E-state index contributed by atoms with van der Waals surface area (Å²) in [6.07, 6.45) is 15.5. The highest BCUT2D eigenvalue weighted by atomic mass is 16.5. The van der Waals surface area contributed by atoms with Crippen LogP contribution < -0.4 is 0 Å². The van der Waals surface area contributed by atoms with E-state index >= 15 is 0 Å². The quantitative estimate of drug-likeness (QED) is 0.179. The van der Waals surface area contributed by atoms with E-state index in [1.807, 2.05) is 0 Å². The Kier molecular flexibility index (Phi) is 18.0. The molecule has 0 aliphatic carbocycles. The van der Waals surface area contributed by atoms with Gasteiger partial charge in [-0.3, -0.25) is 9.59 Å². The summed E-state index contributed by atoms with van der Waals surface area (Å²) in [5, 5.41) is 0. The van der Waals surface area contributed by atoms with Crippen molar-refractivity contribution in [1.29, 1.82) is 0 Å². The molecule has 0 radical (unpaired) electrons. The highest BCUT2D eigenvalue weighted by Gasteiger charge is 2.03. The third-order valence-corrected chi connectivity index (χ3v) is 4.11. The molecule has 0 rings (SSSR count). The van der Waals surface area contributed by atoms with Gasteiger partial charge in [-0.1, -0.05) is 64.4 Å². The van der Waals surface area contributed by atoms with Crippen molar-refractivity contribution in [2.45, 2.75) is 96.8 Å². The molecule has 4 heteroatoms. The molecule has 0 spiro atoms. The van der Waals surface area contributed by atoms with Gasteiger partial charge in [0, 0.05) is 12.8 Å². The van der Waals surface area contributed by atoms with E-state index < -0.39 is 0 Å². The molecule has 0 N–H and O–H groups in total. The van der Waals surface area contributed by atoms with Gasteiger partial charge in [0.2, 0.25) is 0 Å². The first-order valence-corrected chi connectivity index (χ1v) is 10.1. The van der Waals surface area contributed by atoms with Crippen LogP contribution >= 0.6 is 0 Å². The van der Waals surface area contributed by atoms with E-state index in [2.05, 4.69) is 13.5 Å². The minimum atomic E-state index is -0.112. The lowest BCUT2D eigenvalue weighted by atomic mass is 10.1. The molecule has 0 saturated heterocycles. The monoisotopic (exact) mass is 354 g/mol. The molecule has 25 heavy (non-hydrogen) atoms. The van der Waals surface area contributed by atoms with Gasteiger partial charge in [0.05, 0.1) is 13.2 Å². The second-order valence-electron chi connectivity index (χ2n) is 6.55. The fraction of sp³-hybridized carbons (Fsp3) is 0.810. The van der Waals surface area contributed by atoms with Gasteiger partial charge in [0.1, 0.15) is 0 Å². The number of hydrogen-bond acceptors (Lipinski definition) is 4. The zero-order chi connectivity index (χ0) is 18.6. The van der Waals surface area contributed by atoms with Gasteiger partial charge in [-0.15, -0.1) is 6.58 Å². The molecule has 0 aliphatic rings. The molecular weight excluding hydrogens is 316 g/mol. The predicted octanol–water partition coefficient (Wildman–Crippen LogP) is 5.74. The smallest absolute Gasteiger partial charge is 0.305 e. The summed E-state index contributed by atoms with van der Waals surface area (Å²) in [6, 6.07) is 0. The zero-order valence-electron chi connectivity index (χ0n) is 16.2. The fourth-order valence-electron chi connectivity index (χ4n) is 2.54. The van der Waals surface area contributed by atoms with Crippen LogP contribution in [0.4, 0.5) is 0 Å². The summed E-state index contributed by atoms with van der Waals surface area (Å²) in [4.78, 5) is 23.0. The first kappa shape index (κ1) is 23.7. The maximum absolute atomic E-state index is 11.6. The maximum Gasteiger partial charge on any atom is 0.305 e. The lowest BCUT2D eigenvalue weighted by Crippen LogP contribution is -2.05. The van der Waals surface area contributed by atoms with Crippen molar-refractivity contribution < 1.29 is 19.1 Å². The van der Waals surface area contributed by atoms with Crippen LogP contribution in [0.15, 0.2) is 12.7 Å². The number of hydrogen-bond donors (Lipinski definition) is 0. The molecule has 0 unspecified atom stereocenters. The molecule has 0 atom stereocenters. The Labute approximate surface area is 154 Å². The molecule has 4 nitrogen and oxygen atoms in total. The number of carbonyl (C=O) groups excluding carboxylic acids is 2. The largest absolute Gasteiger partial charge is 0.466 e. The average molecular weight is 355 g/mol. The molecular formula is C21H38O4. The van der Waals surface area contributed by atoms with Crippen LogP contribution in [0.3, 0.4) is 0 Å². The van der Waals surface area contributed by atoms with Gasteiger partial charge in [0.15, 0.2) is 0 Å². The minimum absolute atomic E-state index is 0.0576. The topological polar surface area (TPSA) is 52.6 Å². The molecule has 0 heterocycles. The van der Waals surface area contributed by atoms with E-state index in [4.69, 9.17) is 9.47 Å². The Morgan fingerprint density at radius 1 is 0.720 bits per heavy atom. The van der Waals surface area contributed by atoms with E-state index in [9.17, 15) is 9.59 Å². The number of esters is 2. The Hall–Kier alpha value is -1.32. The van der Waals surface area contributed by atoms with Crippen LogP contribution in [0, 0.1) is 0 Å². The lowest BCUT2D eigenvalue weighted by molar-refractivity contribution is -0.144. The van der Waals surface area contributed by atoms with Crippen LogP contribution in [0.25, 0.3) is 0 Å². The molecule has 0 bridgehead atoms. The van der Waals surface area contributed by atoms with Gasteiger partial charge in [-0.2, -0.15) is 0 Å². The number of ether oxygens (including phenoxy) is 2. The summed E-state index contributed by atoms with van der Waals surface area (Å²) in [5.41, 5.74) is 0. The van der Waals surface area contributed by atoms with Gasteiger partial charge in [-0.25, -0.2) is 0 Å². The summed E-state index contributed by atoms with van der Waals surface area (Å²) in [7, 11) is 0. The molecule has 0 aromatic heterocycles. The van der Waals surface area contributed by atoms with E-state index in [-0.39, 0.29) is 11.9 Å². The molecule has 0 fully saturated rings. The van der Waals surface area contributed by atoms with Crippen LogP contribution in [0.2, 0.25) is 0 Å². The fourth-order valence-corrected chi connectivity index (χ4v) is 2.54. The van der Waals surface area contributed by atoms with Crippen molar-refractivity contribution in [2.24, 2.45) is 0 Å². The van der Waals surface area contributed by atoms with Crippen molar-refractivity contribution >= 4 is 11.9 Å². The summed E-state index contributed by atoms with van der Waals surface area (Å²) >= 11 is 0. The van der Waals surface area contributed by atoms with Crippen LogP contribution in [0.5, 0.6) is 0 Å². The lowest BCUT2D eigenvalue weighted by Gasteiger charge is -2.05. The van der Waals surface area contributed by atoms with E-state index in [0.29, 0.717) is 32.5 Å². The van der Waals surface area contributed by atoms with Crippen LogP contribution in [-0.2, 0) is 19.1 Å². The number of rotatable bonds is 18. The number of unbranched alkanes of at least 4 members (excludes halogenated alkanes) is 9. The Bertz CT molecular complexity index is 339. The SMILES string of the molecule is C=CCCOC(=O)CCCCCCCCC(=O)OCCCCCCC. The zero-order valence-corrected chi connectivity index (χ0v) is 16.2. The molecule has 0 aliphatic heterocycles. The molecule has 0 amide bonds. The third kappa shape index (κ3) is 18.9. The highest BCUT2D eigenvalue weighted by molar-refractivity contribution is 5.69.